The van der Waals surface area contributed by atoms with E-state index < -0.39 is 0 Å². The van der Waals surface area contributed by atoms with Gasteiger partial charge in [0.15, 0.2) is 0 Å². The Morgan fingerprint density at radius 3 is 2.52 bits per heavy atom. The molecule has 0 spiro atoms. The molecule has 0 unspecified atom stereocenters. The predicted octanol–water partition coefficient (Wildman–Crippen LogP) is 5.62. The molecular weight excluding hydrogens is 385 g/mol. The molecule has 2 aromatic carbocycles. The smallest absolute Gasteiger partial charge is 0.230 e. The van der Waals surface area contributed by atoms with E-state index in [1.165, 1.54) is 17.8 Å². The number of hydrogen-bond acceptors (Lipinski definition) is 3. The van der Waals surface area contributed by atoms with Crippen molar-refractivity contribution in [3.8, 4) is 5.75 Å². The minimum Gasteiger partial charge on any atom is -0.497 e. The first-order chi connectivity index (χ1) is 12.9. The minimum absolute atomic E-state index is 0.0685. The van der Waals surface area contributed by atoms with Crippen molar-refractivity contribution < 1.29 is 13.9 Å². The molecule has 2 rings (SSSR count). The average molecular weight is 410 g/mol. The first-order valence-corrected chi connectivity index (χ1v) is 10.4. The minimum atomic E-state index is -0.341. The van der Waals surface area contributed by atoms with E-state index in [1.54, 1.807) is 19.2 Å². The van der Waals surface area contributed by atoms with Crippen LogP contribution in [0.3, 0.4) is 0 Å². The Bertz CT molecular complexity index is 732. The van der Waals surface area contributed by atoms with Crippen LogP contribution in [0.1, 0.15) is 37.4 Å². The lowest BCUT2D eigenvalue weighted by atomic mass is 9.97. The highest BCUT2D eigenvalue weighted by molar-refractivity contribution is 7.99. The number of carbonyl (C=O) groups excluding carboxylic acids is 1. The van der Waals surface area contributed by atoms with Crippen molar-refractivity contribution in [2.75, 3.05) is 12.9 Å². The molecule has 1 atom stereocenters. The van der Waals surface area contributed by atoms with Gasteiger partial charge in [0, 0.05) is 16.3 Å². The van der Waals surface area contributed by atoms with Crippen molar-refractivity contribution in [2.24, 2.45) is 5.92 Å². The molecule has 0 aromatic heterocycles. The standard InChI is InChI=1S/C21H25ClFNO2S/c1-14(2)11-20(15-7-9-16(26-3)10-8-15)24-21(25)13-27-12-17-18(22)5-4-6-19(17)23/h4-10,14,20H,11-13H2,1-3H3,(H,24,25)/t20-/m1/s1. The summed E-state index contributed by atoms with van der Waals surface area (Å²) >= 11 is 7.38. The van der Waals surface area contributed by atoms with Crippen molar-refractivity contribution in [1.82, 2.24) is 5.32 Å². The van der Waals surface area contributed by atoms with Crippen LogP contribution in [0.4, 0.5) is 4.39 Å². The van der Waals surface area contributed by atoms with Crippen LogP contribution in [0.5, 0.6) is 5.75 Å². The second-order valence-electron chi connectivity index (χ2n) is 6.72. The monoisotopic (exact) mass is 409 g/mol. The Morgan fingerprint density at radius 2 is 1.93 bits per heavy atom. The van der Waals surface area contributed by atoms with Crippen LogP contribution in [-0.2, 0) is 10.5 Å². The topological polar surface area (TPSA) is 38.3 Å². The van der Waals surface area contributed by atoms with Crippen molar-refractivity contribution >= 4 is 29.3 Å². The van der Waals surface area contributed by atoms with Crippen molar-refractivity contribution in [2.45, 2.75) is 32.1 Å². The fourth-order valence-electron chi connectivity index (χ4n) is 2.74. The molecule has 0 aliphatic rings. The molecule has 146 valence electrons. The lowest BCUT2D eigenvalue weighted by molar-refractivity contribution is -0.119. The molecule has 3 nitrogen and oxygen atoms in total. The van der Waals surface area contributed by atoms with E-state index in [-0.39, 0.29) is 23.5 Å². The number of ether oxygens (including phenoxy) is 1. The Labute approximate surface area is 169 Å². The number of hydrogen-bond donors (Lipinski definition) is 1. The van der Waals surface area contributed by atoms with E-state index in [0.29, 0.717) is 22.3 Å². The van der Waals surface area contributed by atoms with Crippen LogP contribution in [0.25, 0.3) is 0 Å². The number of carbonyl (C=O) groups is 1. The molecule has 0 bridgehead atoms. The van der Waals surface area contributed by atoms with Crippen molar-refractivity contribution in [3.05, 3.63) is 64.4 Å². The number of benzene rings is 2. The highest BCUT2D eigenvalue weighted by Gasteiger charge is 2.17. The molecule has 1 N–H and O–H groups in total. The molecule has 0 fully saturated rings. The number of methoxy groups -OCH3 is 1. The molecule has 0 radical (unpaired) electrons. The van der Waals surface area contributed by atoms with Crippen LogP contribution < -0.4 is 10.1 Å². The van der Waals surface area contributed by atoms with E-state index >= 15 is 0 Å². The van der Waals surface area contributed by atoms with E-state index in [0.717, 1.165) is 17.7 Å². The summed E-state index contributed by atoms with van der Waals surface area (Å²) in [6, 6.07) is 12.3. The van der Waals surface area contributed by atoms with Crippen LogP contribution in [-0.4, -0.2) is 18.8 Å². The van der Waals surface area contributed by atoms with Gasteiger partial charge in [-0.25, -0.2) is 4.39 Å². The summed E-state index contributed by atoms with van der Waals surface area (Å²) in [7, 11) is 1.63. The lowest BCUT2D eigenvalue weighted by Crippen LogP contribution is -2.31. The Balaban J connectivity index is 1.94. The van der Waals surface area contributed by atoms with Crippen LogP contribution in [0.15, 0.2) is 42.5 Å². The van der Waals surface area contributed by atoms with Gasteiger partial charge in [0.2, 0.25) is 5.91 Å². The third-order valence-electron chi connectivity index (χ3n) is 4.10. The summed E-state index contributed by atoms with van der Waals surface area (Å²) < 4.78 is 19.0. The van der Waals surface area contributed by atoms with Gasteiger partial charge in [0.05, 0.1) is 18.9 Å². The molecule has 6 heteroatoms. The zero-order valence-electron chi connectivity index (χ0n) is 15.8. The second-order valence-corrected chi connectivity index (χ2v) is 8.11. The maximum atomic E-state index is 13.8. The molecule has 0 aliphatic carbocycles. The van der Waals surface area contributed by atoms with Gasteiger partial charge >= 0.3 is 0 Å². The number of thioether (sulfide) groups is 1. The van der Waals surface area contributed by atoms with Gasteiger partial charge < -0.3 is 10.1 Å². The molecule has 2 aromatic rings. The van der Waals surface area contributed by atoms with E-state index in [1.807, 2.05) is 24.3 Å². The third kappa shape index (κ3) is 6.74. The van der Waals surface area contributed by atoms with Crippen molar-refractivity contribution in [3.63, 3.8) is 0 Å². The SMILES string of the molecule is COc1ccc([C@@H](CC(C)C)NC(=O)CSCc2c(F)cccc2Cl)cc1. The fraction of sp³-hybridized carbons (Fsp3) is 0.381. The molecule has 0 heterocycles. The van der Waals surface area contributed by atoms with Gasteiger partial charge in [0.1, 0.15) is 11.6 Å². The molecule has 27 heavy (non-hydrogen) atoms. The average Bonchev–Trinajstić information content (AvgIpc) is 2.63. The van der Waals surface area contributed by atoms with Gasteiger partial charge in [-0.2, -0.15) is 0 Å². The fourth-order valence-corrected chi connectivity index (χ4v) is 3.92. The van der Waals surface area contributed by atoms with Crippen LogP contribution >= 0.6 is 23.4 Å². The number of amides is 1. The second kappa shape index (κ2) is 10.6. The first-order valence-electron chi connectivity index (χ1n) is 8.84. The van der Waals surface area contributed by atoms with Gasteiger partial charge in [-0.1, -0.05) is 43.6 Å². The summed E-state index contributed by atoms with van der Waals surface area (Å²) in [6.45, 7) is 4.25. The van der Waals surface area contributed by atoms with Gasteiger partial charge in [-0.3, -0.25) is 4.79 Å². The summed E-state index contributed by atoms with van der Waals surface area (Å²) in [5.74, 6) is 1.40. The van der Waals surface area contributed by atoms with E-state index in [4.69, 9.17) is 16.3 Å². The van der Waals surface area contributed by atoms with Gasteiger partial charge in [0.25, 0.3) is 0 Å². The highest BCUT2D eigenvalue weighted by Crippen LogP contribution is 2.25. The maximum Gasteiger partial charge on any atom is 0.230 e. The number of halogens is 2. The predicted molar refractivity (Wildman–Crippen MR) is 111 cm³/mol. The summed E-state index contributed by atoms with van der Waals surface area (Å²) in [5.41, 5.74) is 1.48. The molecule has 0 saturated carbocycles. The summed E-state index contributed by atoms with van der Waals surface area (Å²) in [6.07, 6.45) is 0.835. The highest BCUT2D eigenvalue weighted by atomic mass is 35.5. The molecule has 0 saturated heterocycles. The van der Waals surface area contributed by atoms with Gasteiger partial charge in [-0.15, -0.1) is 11.8 Å². The molecule has 1 amide bonds. The zero-order valence-corrected chi connectivity index (χ0v) is 17.4. The number of rotatable bonds is 9. The summed E-state index contributed by atoms with van der Waals surface area (Å²) in [5, 5.41) is 3.48. The Morgan fingerprint density at radius 1 is 1.22 bits per heavy atom. The van der Waals surface area contributed by atoms with E-state index in [9.17, 15) is 9.18 Å². The largest absolute Gasteiger partial charge is 0.497 e. The Kier molecular flexibility index (Phi) is 8.45. The van der Waals surface area contributed by atoms with Gasteiger partial charge in [-0.05, 0) is 42.2 Å². The van der Waals surface area contributed by atoms with Crippen LogP contribution in [0, 0.1) is 11.7 Å². The number of nitrogens with one attached hydrogen (secondary N) is 1. The lowest BCUT2D eigenvalue weighted by Gasteiger charge is -2.21. The molecular formula is C21H25ClFNO2S. The van der Waals surface area contributed by atoms with Crippen LogP contribution in [0.2, 0.25) is 5.02 Å². The first kappa shape index (κ1) is 21.6. The third-order valence-corrected chi connectivity index (χ3v) is 5.41. The normalized spacial score (nSPS) is 12.1. The van der Waals surface area contributed by atoms with Crippen molar-refractivity contribution in [1.29, 1.82) is 0 Å². The van der Waals surface area contributed by atoms with E-state index in [2.05, 4.69) is 19.2 Å². The summed E-state index contributed by atoms with van der Waals surface area (Å²) in [4.78, 5) is 12.4. The zero-order chi connectivity index (χ0) is 19.8. The molecule has 0 aliphatic heterocycles. The quantitative estimate of drug-likeness (QED) is 0.583. The maximum absolute atomic E-state index is 13.8. The Hall–Kier alpha value is -1.72.